The van der Waals surface area contributed by atoms with Gasteiger partial charge >= 0.3 is 6.09 Å². The highest BCUT2D eigenvalue weighted by molar-refractivity contribution is 5.89. The maximum absolute atomic E-state index is 11.4. The standard InChI is InChI=1S/C10H18N2O3/c1-10(2,3)15-9(14)12-7-4-5-11-6-8(7)13/h7,11H,4-6H2,1-3H3,(H,12,14). The average molecular weight is 214 g/mol. The Kier molecular flexibility index (Phi) is 3.68. The van der Waals surface area contributed by atoms with Crippen LogP contribution in [0.15, 0.2) is 0 Å². The molecule has 1 unspecified atom stereocenters. The molecule has 0 aromatic carbocycles. The van der Waals surface area contributed by atoms with Crippen molar-refractivity contribution in [3.05, 3.63) is 0 Å². The number of alkyl carbamates (subject to hydrolysis) is 1. The van der Waals surface area contributed by atoms with Crippen LogP contribution in [0, 0.1) is 0 Å². The first-order chi connectivity index (χ1) is 6.88. The average Bonchev–Trinajstić information content (AvgIpc) is 2.05. The van der Waals surface area contributed by atoms with E-state index in [1.54, 1.807) is 20.8 Å². The van der Waals surface area contributed by atoms with Gasteiger partial charge in [0, 0.05) is 0 Å². The first kappa shape index (κ1) is 12.0. The zero-order valence-corrected chi connectivity index (χ0v) is 9.42. The molecule has 0 bridgehead atoms. The lowest BCUT2D eigenvalue weighted by molar-refractivity contribution is -0.121. The third-order valence-corrected chi connectivity index (χ3v) is 1.99. The van der Waals surface area contributed by atoms with Crippen molar-refractivity contribution >= 4 is 11.9 Å². The summed E-state index contributed by atoms with van der Waals surface area (Å²) in [6.45, 7) is 6.43. The molecule has 1 aliphatic rings. The molecular weight excluding hydrogens is 196 g/mol. The minimum absolute atomic E-state index is 0.00658. The molecule has 1 atom stereocenters. The van der Waals surface area contributed by atoms with Crippen LogP contribution in [0.5, 0.6) is 0 Å². The molecule has 1 rings (SSSR count). The van der Waals surface area contributed by atoms with Gasteiger partial charge in [0.1, 0.15) is 5.60 Å². The van der Waals surface area contributed by atoms with Crippen LogP contribution in [-0.4, -0.2) is 36.6 Å². The molecule has 0 aliphatic carbocycles. The number of hydrogen-bond donors (Lipinski definition) is 2. The van der Waals surface area contributed by atoms with Gasteiger partial charge in [-0.3, -0.25) is 4.79 Å². The second-order valence-electron chi connectivity index (χ2n) is 4.63. The van der Waals surface area contributed by atoms with Crippen molar-refractivity contribution in [3.63, 3.8) is 0 Å². The van der Waals surface area contributed by atoms with E-state index in [9.17, 15) is 9.59 Å². The molecule has 1 aliphatic heterocycles. The van der Waals surface area contributed by atoms with Crippen molar-refractivity contribution in [1.82, 2.24) is 10.6 Å². The summed E-state index contributed by atoms with van der Waals surface area (Å²) in [5.74, 6) is 0.00658. The summed E-state index contributed by atoms with van der Waals surface area (Å²) in [6, 6.07) is -0.402. The Bertz CT molecular complexity index is 258. The van der Waals surface area contributed by atoms with Gasteiger partial charge in [0.15, 0.2) is 5.78 Å². The maximum atomic E-state index is 11.4. The van der Waals surface area contributed by atoms with Gasteiger partial charge in [-0.05, 0) is 33.7 Å². The van der Waals surface area contributed by atoms with Gasteiger partial charge < -0.3 is 15.4 Å². The third-order valence-electron chi connectivity index (χ3n) is 1.99. The fourth-order valence-electron chi connectivity index (χ4n) is 1.34. The van der Waals surface area contributed by atoms with Crippen molar-refractivity contribution in [2.45, 2.75) is 38.8 Å². The van der Waals surface area contributed by atoms with E-state index >= 15 is 0 Å². The van der Waals surface area contributed by atoms with Gasteiger partial charge in [0.05, 0.1) is 12.6 Å². The van der Waals surface area contributed by atoms with Crippen LogP contribution in [0.2, 0.25) is 0 Å². The lowest BCUT2D eigenvalue weighted by Gasteiger charge is -2.25. The first-order valence-electron chi connectivity index (χ1n) is 5.11. The number of amides is 1. The monoisotopic (exact) mass is 214 g/mol. The van der Waals surface area contributed by atoms with Crippen molar-refractivity contribution < 1.29 is 14.3 Å². The summed E-state index contributed by atoms with van der Waals surface area (Å²) < 4.78 is 5.07. The van der Waals surface area contributed by atoms with Crippen molar-refractivity contribution in [2.75, 3.05) is 13.1 Å². The van der Waals surface area contributed by atoms with E-state index in [1.807, 2.05) is 0 Å². The molecule has 0 saturated carbocycles. The zero-order chi connectivity index (χ0) is 11.5. The van der Waals surface area contributed by atoms with Crippen LogP contribution in [0.1, 0.15) is 27.2 Å². The fourth-order valence-corrected chi connectivity index (χ4v) is 1.34. The number of hydrogen-bond acceptors (Lipinski definition) is 4. The normalized spacial score (nSPS) is 22.3. The molecule has 0 aromatic rings. The Morgan fingerprint density at radius 2 is 2.20 bits per heavy atom. The molecule has 86 valence electrons. The number of piperidine rings is 1. The Morgan fingerprint density at radius 1 is 1.53 bits per heavy atom. The Hall–Kier alpha value is -1.10. The number of Topliss-reactive ketones (excluding diaryl/α,β-unsaturated/α-hetero) is 1. The summed E-state index contributed by atoms with van der Waals surface area (Å²) in [7, 11) is 0. The number of ketones is 1. The van der Waals surface area contributed by atoms with Gasteiger partial charge in [-0.1, -0.05) is 0 Å². The smallest absolute Gasteiger partial charge is 0.408 e. The maximum Gasteiger partial charge on any atom is 0.408 e. The number of ether oxygens (including phenoxy) is 1. The van der Waals surface area contributed by atoms with Crippen molar-refractivity contribution in [2.24, 2.45) is 0 Å². The molecule has 15 heavy (non-hydrogen) atoms. The molecule has 1 amide bonds. The van der Waals surface area contributed by atoms with Gasteiger partial charge in [-0.25, -0.2) is 4.79 Å². The summed E-state index contributed by atoms with van der Waals surface area (Å²) >= 11 is 0. The summed E-state index contributed by atoms with van der Waals surface area (Å²) in [4.78, 5) is 22.7. The van der Waals surface area contributed by atoms with Crippen LogP contribution in [0.25, 0.3) is 0 Å². The molecule has 1 heterocycles. The first-order valence-corrected chi connectivity index (χ1v) is 5.11. The molecule has 5 heteroatoms. The molecule has 1 fully saturated rings. The lowest BCUT2D eigenvalue weighted by Crippen LogP contribution is -2.51. The largest absolute Gasteiger partial charge is 0.444 e. The molecule has 0 aromatic heterocycles. The van der Waals surface area contributed by atoms with Gasteiger partial charge in [0.25, 0.3) is 0 Å². The number of carbonyl (C=O) groups is 2. The van der Waals surface area contributed by atoms with E-state index in [-0.39, 0.29) is 5.78 Å². The van der Waals surface area contributed by atoms with E-state index < -0.39 is 17.7 Å². The van der Waals surface area contributed by atoms with Crippen molar-refractivity contribution in [1.29, 1.82) is 0 Å². The highest BCUT2D eigenvalue weighted by Crippen LogP contribution is 2.07. The van der Waals surface area contributed by atoms with Gasteiger partial charge in [-0.15, -0.1) is 0 Å². The fraction of sp³-hybridized carbons (Fsp3) is 0.800. The van der Waals surface area contributed by atoms with E-state index in [1.165, 1.54) is 0 Å². The van der Waals surface area contributed by atoms with E-state index in [0.717, 1.165) is 6.54 Å². The topological polar surface area (TPSA) is 67.4 Å². The summed E-state index contributed by atoms with van der Waals surface area (Å²) in [6.07, 6.45) is 0.0979. The second kappa shape index (κ2) is 4.61. The van der Waals surface area contributed by atoms with Gasteiger partial charge in [0.2, 0.25) is 0 Å². The van der Waals surface area contributed by atoms with Gasteiger partial charge in [-0.2, -0.15) is 0 Å². The third kappa shape index (κ3) is 4.29. The summed E-state index contributed by atoms with van der Waals surface area (Å²) in [5, 5.41) is 5.52. The minimum atomic E-state index is -0.528. The Morgan fingerprint density at radius 3 is 2.73 bits per heavy atom. The van der Waals surface area contributed by atoms with E-state index in [0.29, 0.717) is 13.0 Å². The lowest BCUT2D eigenvalue weighted by atomic mass is 10.1. The highest BCUT2D eigenvalue weighted by atomic mass is 16.6. The quantitative estimate of drug-likeness (QED) is 0.664. The molecule has 5 nitrogen and oxygen atoms in total. The molecule has 0 spiro atoms. The van der Waals surface area contributed by atoms with E-state index in [4.69, 9.17) is 4.74 Å². The molecular formula is C10H18N2O3. The van der Waals surface area contributed by atoms with Crippen LogP contribution in [0.4, 0.5) is 4.79 Å². The number of rotatable bonds is 1. The molecule has 0 radical (unpaired) electrons. The Balaban J connectivity index is 2.40. The number of nitrogens with one attached hydrogen (secondary N) is 2. The van der Waals surface area contributed by atoms with Crippen LogP contribution >= 0.6 is 0 Å². The Labute approximate surface area is 89.6 Å². The van der Waals surface area contributed by atoms with Crippen LogP contribution < -0.4 is 10.6 Å². The van der Waals surface area contributed by atoms with Crippen LogP contribution in [-0.2, 0) is 9.53 Å². The zero-order valence-electron chi connectivity index (χ0n) is 9.42. The van der Waals surface area contributed by atoms with Crippen molar-refractivity contribution in [3.8, 4) is 0 Å². The SMILES string of the molecule is CC(C)(C)OC(=O)NC1CCNCC1=O. The van der Waals surface area contributed by atoms with Crippen LogP contribution in [0.3, 0.4) is 0 Å². The predicted octanol–water partition coefficient (Wildman–Crippen LogP) is 0.442. The highest BCUT2D eigenvalue weighted by Gasteiger charge is 2.25. The molecule has 2 N–H and O–H groups in total. The number of carbonyl (C=O) groups excluding carboxylic acids is 2. The van der Waals surface area contributed by atoms with E-state index in [2.05, 4.69) is 10.6 Å². The predicted molar refractivity (Wildman–Crippen MR) is 55.7 cm³/mol. The summed E-state index contributed by atoms with van der Waals surface area (Å²) in [5.41, 5.74) is -0.528. The minimum Gasteiger partial charge on any atom is -0.444 e. The second-order valence-corrected chi connectivity index (χ2v) is 4.63. The molecule has 1 saturated heterocycles.